The molecule has 4 rings (SSSR count). The van der Waals surface area contributed by atoms with Crippen molar-refractivity contribution in [3.8, 4) is 0 Å². The summed E-state index contributed by atoms with van der Waals surface area (Å²) in [5.41, 5.74) is 2.64. The van der Waals surface area contributed by atoms with Crippen LogP contribution in [0.25, 0.3) is 0 Å². The number of aryl methyl sites for hydroxylation is 1. The Morgan fingerprint density at radius 1 is 1.04 bits per heavy atom. The molecule has 0 saturated carbocycles. The minimum Gasteiger partial charge on any atom is -0.349 e. The molecule has 1 aliphatic carbocycles. The molecule has 4 nitrogen and oxygen atoms in total. The minimum atomic E-state index is 0.0106. The third-order valence-electron chi connectivity index (χ3n) is 5.57. The summed E-state index contributed by atoms with van der Waals surface area (Å²) in [4.78, 5) is 27.9. The lowest BCUT2D eigenvalue weighted by Gasteiger charge is -2.33. The maximum absolute atomic E-state index is 12.8. The molecule has 2 heterocycles. The highest BCUT2D eigenvalue weighted by molar-refractivity contribution is 7.12. The number of nitrogens with zero attached hydrogens (tertiary/aromatic N) is 1. The van der Waals surface area contributed by atoms with Crippen LogP contribution in [0.4, 0.5) is 0 Å². The molecule has 0 spiro atoms. The van der Waals surface area contributed by atoms with Crippen LogP contribution in [0.2, 0.25) is 0 Å². The fourth-order valence-electron chi connectivity index (χ4n) is 4.09. The second-order valence-corrected chi connectivity index (χ2v) is 8.14. The van der Waals surface area contributed by atoms with Gasteiger partial charge in [-0.15, -0.1) is 11.3 Å². The Morgan fingerprint density at radius 3 is 2.62 bits per heavy atom. The van der Waals surface area contributed by atoms with Crippen molar-refractivity contribution >= 4 is 23.2 Å². The molecule has 136 valence electrons. The topological polar surface area (TPSA) is 49.4 Å². The van der Waals surface area contributed by atoms with E-state index < -0.39 is 0 Å². The maximum atomic E-state index is 12.8. The van der Waals surface area contributed by atoms with E-state index in [9.17, 15) is 9.59 Å². The van der Waals surface area contributed by atoms with Crippen LogP contribution in [0.5, 0.6) is 0 Å². The molecule has 0 radical (unpaired) electrons. The van der Waals surface area contributed by atoms with Gasteiger partial charge in [0.25, 0.3) is 5.91 Å². The summed E-state index contributed by atoms with van der Waals surface area (Å²) in [7, 11) is 0. The zero-order valence-electron chi connectivity index (χ0n) is 14.8. The number of nitrogens with one attached hydrogen (secondary N) is 1. The SMILES string of the molecule is O=C(NC1CCCc2ccccc21)C1CCN(C(=O)c2cccs2)CC1. The molecule has 26 heavy (non-hydrogen) atoms. The Morgan fingerprint density at radius 2 is 1.85 bits per heavy atom. The third-order valence-corrected chi connectivity index (χ3v) is 6.43. The van der Waals surface area contributed by atoms with Gasteiger partial charge in [-0.25, -0.2) is 0 Å². The summed E-state index contributed by atoms with van der Waals surface area (Å²) in [6.07, 6.45) is 4.73. The first-order valence-electron chi connectivity index (χ1n) is 9.43. The molecule has 2 aromatic rings. The predicted octanol–water partition coefficient (Wildman–Crippen LogP) is 3.79. The largest absolute Gasteiger partial charge is 0.349 e. The van der Waals surface area contributed by atoms with Crippen molar-refractivity contribution in [3.63, 3.8) is 0 Å². The number of hydrogen-bond donors (Lipinski definition) is 1. The molecule has 2 amide bonds. The zero-order chi connectivity index (χ0) is 17.9. The molecule has 1 aromatic heterocycles. The van der Waals surface area contributed by atoms with E-state index in [0.29, 0.717) is 13.1 Å². The fraction of sp³-hybridized carbons (Fsp3) is 0.429. The van der Waals surface area contributed by atoms with Crippen molar-refractivity contribution in [1.82, 2.24) is 10.2 Å². The maximum Gasteiger partial charge on any atom is 0.263 e. The van der Waals surface area contributed by atoms with Gasteiger partial charge >= 0.3 is 0 Å². The fourth-order valence-corrected chi connectivity index (χ4v) is 4.79. The number of hydrogen-bond acceptors (Lipinski definition) is 3. The predicted molar refractivity (Wildman–Crippen MR) is 103 cm³/mol. The van der Waals surface area contributed by atoms with Gasteiger partial charge in [-0.1, -0.05) is 30.3 Å². The molecule has 1 aromatic carbocycles. The van der Waals surface area contributed by atoms with Gasteiger partial charge in [-0.2, -0.15) is 0 Å². The number of carbonyl (C=O) groups is 2. The van der Waals surface area contributed by atoms with Crippen LogP contribution in [0.3, 0.4) is 0 Å². The molecule has 0 bridgehead atoms. The third kappa shape index (κ3) is 3.54. The zero-order valence-corrected chi connectivity index (χ0v) is 15.6. The van der Waals surface area contributed by atoms with E-state index in [-0.39, 0.29) is 23.8 Å². The van der Waals surface area contributed by atoms with Crippen molar-refractivity contribution in [1.29, 1.82) is 0 Å². The first-order valence-corrected chi connectivity index (χ1v) is 10.3. The van der Waals surface area contributed by atoms with Crippen LogP contribution >= 0.6 is 11.3 Å². The summed E-state index contributed by atoms with van der Waals surface area (Å²) >= 11 is 1.48. The van der Waals surface area contributed by atoms with E-state index in [2.05, 4.69) is 29.6 Å². The Kier molecular flexibility index (Phi) is 5.07. The van der Waals surface area contributed by atoms with Gasteiger partial charge in [-0.05, 0) is 54.7 Å². The van der Waals surface area contributed by atoms with E-state index in [4.69, 9.17) is 0 Å². The highest BCUT2D eigenvalue weighted by Gasteiger charge is 2.30. The Balaban J connectivity index is 1.34. The van der Waals surface area contributed by atoms with Crippen LogP contribution in [-0.4, -0.2) is 29.8 Å². The molecule has 1 N–H and O–H groups in total. The number of thiophene rings is 1. The van der Waals surface area contributed by atoms with Crippen LogP contribution in [-0.2, 0) is 11.2 Å². The second-order valence-electron chi connectivity index (χ2n) is 7.20. The number of amides is 2. The van der Waals surface area contributed by atoms with E-state index >= 15 is 0 Å². The number of fused-ring (bicyclic) bond motifs is 1. The normalized spacial score (nSPS) is 20.5. The smallest absolute Gasteiger partial charge is 0.263 e. The van der Waals surface area contributed by atoms with Gasteiger partial charge < -0.3 is 10.2 Å². The molecule has 1 fully saturated rings. The minimum absolute atomic E-state index is 0.0106. The molecule has 1 saturated heterocycles. The lowest BCUT2D eigenvalue weighted by molar-refractivity contribution is -0.127. The van der Waals surface area contributed by atoms with Gasteiger partial charge in [0.05, 0.1) is 10.9 Å². The molecular weight excluding hydrogens is 344 g/mol. The highest BCUT2D eigenvalue weighted by Crippen LogP contribution is 2.30. The average molecular weight is 369 g/mol. The lowest BCUT2D eigenvalue weighted by Crippen LogP contribution is -2.43. The van der Waals surface area contributed by atoms with Crippen molar-refractivity contribution in [2.45, 2.75) is 38.1 Å². The Bertz CT molecular complexity index is 779. The van der Waals surface area contributed by atoms with Crippen molar-refractivity contribution < 1.29 is 9.59 Å². The molecule has 1 unspecified atom stereocenters. The van der Waals surface area contributed by atoms with E-state index in [1.165, 1.54) is 22.5 Å². The van der Waals surface area contributed by atoms with Gasteiger partial charge in [0.2, 0.25) is 5.91 Å². The standard InChI is InChI=1S/C21H24N2O2S/c24-20(22-18-8-3-6-15-5-1-2-7-17(15)18)16-10-12-23(13-11-16)21(25)19-9-4-14-26-19/h1-2,4-5,7,9,14,16,18H,3,6,8,10-13H2,(H,22,24). The van der Waals surface area contributed by atoms with Crippen molar-refractivity contribution in [2.24, 2.45) is 5.92 Å². The summed E-state index contributed by atoms with van der Waals surface area (Å²) in [5, 5.41) is 5.20. The van der Waals surface area contributed by atoms with Crippen molar-refractivity contribution in [2.75, 3.05) is 13.1 Å². The van der Waals surface area contributed by atoms with Crippen molar-refractivity contribution in [3.05, 3.63) is 57.8 Å². The number of benzene rings is 1. The van der Waals surface area contributed by atoms with Gasteiger partial charge in [0, 0.05) is 19.0 Å². The van der Waals surface area contributed by atoms with Crippen LogP contribution in [0, 0.1) is 5.92 Å². The van der Waals surface area contributed by atoms with Crippen LogP contribution in [0.15, 0.2) is 41.8 Å². The first kappa shape index (κ1) is 17.3. The number of piperidine rings is 1. The summed E-state index contributed by atoms with van der Waals surface area (Å²) in [6, 6.07) is 12.3. The van der Waals surface area contributed by atoms with Gasteiger partial charge in [0.15, 0.2) is 0 Å². The molecule has 1 aliphatic heterocycles. The average Bonchev–Trinajstić information content (AvgIpc) is 3.23. The molecule has 5 heteroatoms. The van der Waals surface area contributed by atoms with Gasteiger partial charge in [-0.3, -0.25) is 9.59 Å². The van der Waals surface area contributed by atoms with E-state index in [0.717, 1.165) is 37.0 Å². The first-order chi connectivity index (χ1) is 12.7. The highest BCUT2D eigenvalue weighted by atomic mass is 32.1. The molecule has 2 aliphatic rings. The summed E-state index contributed by atoms with van der Waals surface area (Å²) in [5.74, 6) is 0.256. The number of carbonyl (C=O) groups excluding carboxylic acids is 2. The van der Waals surface area contributed by atoms with Crippen LogP contribution in [0.1, 0.15) is 52.5 Å². The molecular formula is C21H24N2O2S. The van der Waals surface area contributed by atoms with E-state index in [1.54, 1.807) is 0 Å². The Labute approximate surface area is 158 Å². The Hall–Kier alpha value is -2.14. The second kappa shape index (κ2) is 7.62. The summed E-state index contributed by atoms with van der Waals surface area (Å²) in [6.45, 7) is 1.33. The number of likely N-dealkylation sites (tertiary alicyclic amines) is 1. The lowest BCUT2D eigenvalue weighted by atomic mass is 9.87. The number of rotatable bonds is 3. The monoisotopic (exact) mass is 368 g/mol. The van der Waals surface area contributed by atoms with Gasteiger partial charge in [0.1, 0.15) is 0 Å². The van der Waals surface area contributed by atoms with E-state index in [1.807, 2.05) is 22.4 Å². The molecule has 1 atom stereocenters. The quantitative estimate of drug-likeness (QED) is 0.896. The summed E-state index contributed by atoms with van der Waals surface area (Å²) < 4.78 is 0. The van der Waals surface area contributed by atoms with Crippen LogP contribution < -0.4 is 5.32 Å².